The number of nitrogens with two attached hydrogens (primary N) is 1. The Kier molecular flexibility index (Phi) is 4.10. The Bertz CT molecular complexity index is 471. The lowest BCUT2D eigenvalue weighted by molar-refractivity contribution is 0.0661. The third-order valence-corrected chi connectivity index (χ3v) is 3.93. The Balaban J connectivity index is 2.12. The largest absolute Gasteiger partial charge is 0.508 e. The molecule has 1 amide bonds. The van der Waals surface area contributed by atoms with E-state index in [1.54, 1.807) is 25.1 Å². The molecule has 1 heterocycles. The van der Waals surface area contributed by atoms with Crippen molar-refractivity contribution in [2.75, 3.05) is 13.1 Å². The molecule has 2 rings (SSSR count). The summed E-state index contributed by atoms with van der Waals surface area (Å²) in [7, 11) is 0. The molecule has 2 unspecified atom stereocenters. The first-order valence-corrected chi connectivity index (χ1v) is 6.83. The average Bonchev–Trinajstić information content (AvgIpc) is 2.41. The van der Waals surface area contributed by atoms with Crippen molar-refractivity contribution in [3.8, 4) is 5.75 Å². The number of benzene rings is 1. The van der Waals surface area contributed by atoms with Crippen LogP contribution in [0.1, 0.15) is 35.7 Å². The van der Waals surface area contributed by atoms with Crippen molar-refractivity contribution in [1.82, 2.24) is 4.90 Å². The van der Waals surface area contributed by atoms with Gasteiger partial charge in [-0.05, 0) is 56.4 Å². The minimum absolute atomic E-state index is 0.0356. The zero-order valence-corrected chi connectivity index (χ0v) is 11.6. The fourth-order valence-corrected chi connectivity index (χ4v) is 2.59. The van der Waals surface area contributed by atoms with Gasteiger partial charge < -0.3 is 15.7 Å². The van der Waals surface area contributed by atoms with Crippen LogP contribution >= 0.6 is 0 Å². The average molecular weight is 262 g/mol. The maximum Gasteiger partial charge on any atom is 0.253 e. The van der Waals surface area contributed by atoms with Gasteiger partial charge in [0.2, 0.25) is 0 Å². The molecule has 0 bridgehead atoms. The highest BCUT2D eigenvalue weighted by molar-refractivity contribution is 5.94. The van der Waals surface area contributed by atoms with E-state index in [1.807, 2.05) is 11.8 Å². The second kappa shape index (κ2) is 5.61. The summed E-state index contributed by atoms with van der Waals surface area (Å²) < 4.78 is 0. The molecule has 0 aliphatic carbocycles. The Hall–Kier alpha value is -1.55. The fourth-order valence-electron chi connectivity index (χ4n) is 2.59. The number of piperidine rings is 1. The van der Waals surface area contributed by atoms with Crippen molar-refractivity contribution in [3.63, 3.8) is 0 Å². The van der Waals surface area contributed by atoms with Crippen LogP contribution in [0.3, 0.4) is 0 Å². The number of aromatic hydroxyl groups is 1. The van der Waals surface area contributed by atoms with Gasteiger partial charge in [0, 0.05) is 24.7 Å². The number of aryl methyl sites for hydroxylation is 1. The van der Waals surface area contributed by atoms with Crippen molar-refractivity contribution in [1.29, 1.82) is 0 Å². The molecule has 2 atom stereocenters. The van der Waals surface area contributed by atoms with Crippen LogP contribution in [-0.2, 0) is 0 Å². The van der Waals surface area contributed by atoms with Crippen molar-refractivity contribution in [3.05, 3.63) is 29.3 Å². The van der Waals surface area contributed by atoms with Crippen LogP contribution < -0.4 is 5.73 Å². The Morgan fingerprint density at radius 3 is 2.89 bits per heavy atom. The Labute approximate surface area is 114 Å². The topological polar surface area (TPSA) is 66.6 Å². The first-order chi connectivity index (χ1) is 8.99. The van der Waals surface area contributed by atoms with Crippen LogP contribution in [0.25, 0.3) is 0 Å². The number of likely N-dealkylation sites (tertiary alicyclic amines) is 1. The highest BCUT2D eigenvalue weighted by atomic mass is 16.3. The molecule has 1 saturated heterocycles. The second-order valence-electron chi connectivity index (χ2n) is 5.51. The van der Waals surface area contributed by atoms with Crippen molar-refractivity contribution in [2.24, 2.45) is 11.7 Å². The highest BCUT2D eigenvalue weighted by Crippen LogP contribution is 2.22. The maximum atomic E-state index is 12.4. The molecular formula is C15H22N2O2. The van der Waals surface area contributed by atoms with Crippen molar-refractivity contribution in [2.45, 2.75) is 32.7 Å². The molecule has 0 spiro atoms. The van der Waals surface area contributed by atoms with Gasteiger partial charge in [0.15, 0.2) is 0 Å². The standard InChI is InChI=1S/C15H22N2O2/c1-10-8-12(5-6-14(10)18)15(19)17-7-3-4-13(9-17)11(2)16/h5-6,8,11,13,18H,3-4,7,9,16H2,1-2H3. The fraction of sp³-hybridized carbons (Fsp3) is 0.533. The second-order valence-corrected chi connectivity index (χ2v) is 5.51. The van der Waals surface area contributed by atoms with E-state index in [0.717, 1.165) is 31.5 Å². The van der Waals surface area contributed by atoms with Crippen LogP contribution in [0.4, 0.5) is 0 Å². The molecule has 1 fully saturated rings. The molecule has 3 N–H and O–H groups in total. The van der Waals surface area contributed by atoms with Crippen LogP contribution in [0.15, 0.2) is 18.2 Å². The zero-order valence-electron chi connectivity index (χ0n) is 11.6. The minimum atomic E-state index is 0.0356. The number of nitrogens with zero attached hydrogens (tertiary/aromatic N) is 1. The molecule has 0 radical (unpaired) electrons. The van der Waals surface area contributed by atoms with Gasteiger partial charge in [0.1, 0.15) is 5.75 Å². The molecule has 0 aromatic heterocycles. The van der Waals surface area contributed by atoms with Crippen LogP contribution in [0.2, 0.25) is 0 Å². The lowest BCUT2D eigenvalue weighted by Gasteiger charge is -2.34. The van der Waals surface area contributed by atoms with Gasteiger partial charge in [-0.3, -0.25) is 4.79 Å². The number of carbonyl (C=O) groups excluding carboxylic acids is 1. The molecule has 1 aliphatic heterocycles. The quantitative estimate of drug-likeness (QED) is 0.855. The number of rotatable bonds is 2. The number of phenols is 1. The van der Waals surface area contributed by atoms with Crippen LogP contribution in [-0.4, -0.2) is 35.0 Å². The van der Waals surface area contributed by atoms with Gasteiger partial charge in [-0.15, -0.1) is 0 Å². The summed E-state index contributed by atoms with van der Waals surface area (Å²) >= 11 is 0. The van der Waals surface area contributed by atoms with Crippen molar-refractivity contribution < 1.29 is 9.90 Å². The van der Waals surface area contributed by atoms with Crippen LogP contribution in [0.5, 0.6) is 5.75 Å². The van der Waals surface area contributed by atoms with Gasteiger partial charge in [0.25, 0.3) is 5.91 Å². The van der Waals surface area contributed by atoms with E-state index in [4.69, 9.17) is 5.73 Å². The first-order valence-electron chi connectivity index (χ1n) is 6.83. The Morgan fingerprint density at radius 1 is 1.53 bits per heavy atom. The van der Waals surface area contributed by atoms with Gasteiger partial charge in [-0.25, -0.2) is 0 Å². The Morgan fingerprint density at radius 2 is 2.26 bits per heavy atom. The SMILES string of the molecule is Cc1cc(C(=O)N2CCCC(C(C)N)C2)ccc1O. The summed E-state index contributed by atoms with van der Waals surface area (Å²) in [5.74, 6) is 0.646. The zero-order chi connectivity index (χ0) is 14.0. The van der Waals surface area contributed by atoms with E-state index >= 15 is 0 Å². The number of phenolic OH excluding ortho intramolecular Hbond substituents is 1. The predicted molar refractivity (Wildman–Crippen MR) is 75.1 cm³/mol. The van der Waals surface area contributed by atoms with E-state index in [0.29, 0.717) is 11.5 Å². The summed E-state index contributed by atoms with van der Waals surface area (Å²) in [6.45, 7) is 5.33. The van der Waals surface area contributed by atoms with E-state index in [-0.39, 0.29) is 17.7 Å². The van der Waals surface area contributed by atoms with E-state index in [2.05, 4.69) is 0 Å². The molecule has 1 aromatic rings. The van der Waals surface area contributed by atoms with E-state index in [1.165, 1.54) is 0 Å². The smallest absolute Gasteiger partial charge is 0.253 e. The molecule has 1 aliphatic rings. The summed E-state index contributed by atoms with van der Waals surface area (Å²) in [4.78, 5) is 14.3. The molecule has 0 saturated carbocycles. The van der Waals surface area contributed by atoms with Gasteiger partial charge in [-0.2, -0.15) is 0 Å². The minimum Gasteiger partial charge on any atom is -0.508 e. The third-order valence-electron chi connectivity index (χ3n) is 3.93. The predicted octanol–water partition coefficient (Wildman–Crippen LogP) is 1.90. The van der Waals surface area contributed by atoms with E-state index in [9.17, 15) is 9.90 Å². The lowest BCUT2D eigenvalue weighted by atomic mass is 9.92. The lowest BCUT2D eigenvalue weighted by Crippen LogP contribution is -2.45. The summed E-state index contributed by atoms with van der Waals surface area (Å²) in [5.41, 5.74) is 7.31. The molecule has 4 nitrogen and oxygen atoms in total. The van der Waals surface area contributed by atoms with Crippen LogP contribution in [0, 0.1) is 12.8 Å². The molecule has 19 heavy (non-hydrogen) atoms. The van der Waals surface area contributed by atoms with Gasteiger partial charge in [-0.1, -0.05) is 0 Å². The number of amides is 1. The summed E-state index contributed by atoms with van der Waals surface area (Å²) in [6.07, 6.45) is 2.10. The summed E-state index contributed by atoms with van der Waals surface area (Å²) in [5, 5.41) is 9.51. The van der Waals surface area contributed by atoms with Gasteiger partial charge >= 0.3 is 0 Å². The normalized spacial score (nSPS) is 21.2. The first kappa shape index (κ1) is 13.9. The number of hydrogen-bond acceptors (Lipinski definition) is 3. The van der Waals surface area contributed by atoms with E-state index < -0.39 is 0 Å². The summed E-state index contributed by atoms with van der Waals surface area (Å²) in [6, 6.07) is 5.13. The monoisotopic (exact) mass is 262 g/mol. The highest BCUT2D eigenvalue weighted by Gasteiger charge is 2.26. The van der Waals surface area contributed by atoms with Gasteiger partial charge in [0.05, 0.1) is 0 Å². The molecular weight excluding hydrogens is 240 g/mol. The molecule has 1 aromatic carbocycles. The number of hydrogen-bond donors (Lipinski definition) is 2. The maximum absolute atomic E-state index is 12.4. The van der Waals surface area contributed by atoms with Crippen molar-refractivity contribution >= 4 is 5.91 Å². The molecule has 104 valence electrons. The number of carbonyl (C=O) groups is 1. The third kappa shape index (κ3) is 3.07. The molecule has 4 heteroatoms.